The fourth-order valence-electron chi connectivity index (χ4n) is 3.09. The quantitative estimate of drug-likeness (QED) is 0.447. The molecule has 1 unspecified atom stereocenters. The minimum atomic E-state index is -0.198. The molecule has 0 spiro atoms. The third-order valence-electron chi connectivity index (χ3n) is 4.32. The van der Waals surface area contributed by atoms with Crippen molar-refractivity contribution in [3.8, 4) is 0 Å². The first-order chi connectivity index (χ1) is 9.69. The molecule has 0 saturated carbocycles. The van der Waals surface area contributed by atoms with E-state index in [1.165, 1.54) is 56.0 Å². The molecule has 1 aliphatic carbocycles. The van der Waals surface area contributed by atoms with Crippen LogP contribution >= 0.6 is 0 Å². The third-order valence-corrected chi connectivity index (χ3v) is 4.32. The lowest BCUT2D eigenvalue weighted by Crippen LogP contribution is -2.24. The van der Waals surface area contributed by atoms with Crippen LogP contribution in [0.25, 0.3) is 0 Å². The summed E-state index contributed by atoms with van der Waals surface area (Å²) in [5, 5.41) is 0. The Hall–Kier alpha value is -0.850. The molecule has 114 valence electrons. The van der Waals surface area contributed by atoms with Gasteiger partial charge in [-0.25, -0.2) is 0 Å². The summed E-state index contributed by atoms with van der Waals surface area (Å²) >= 11 is 0. The molecule has 0 radical (unpaired) electrons. The zero-order valence-electron chi connectivity index (χ0n) is 13.7. The highest BCUT2D eigenvalue weighted by Gasteiger charge is 2.30. The van der Waals surface area contributed by atoms with Gasteiger partial charge in [-0.3, -0.25) is 0 Å². The highest BCUT2D eigenvalue weighted by molar-refractivity contribution is 5.65. The SMILES string of the molecule is CCCCC1=CC(C=O)(CCCC)CC(CCCC)=C1. The summed E-state index contributed by atoms with van der Waals surface area (Å²) in [5.41, 5.74) is 2.72. The van der Waals surface area contributed by atoms with Crippen LogP contribution in [0.5, 0.6) is 0 Å². The fourth-order valence-corrected chi connectivity index (χ4v) is 3.09. The molecule has 1 nitrogen and oxygen atoms in total. The van der Waals surface area contributed by atoms with Crippen LogP contribution in [0.2, 0.25) is 0 Å². The van der Waals surface area contributed by atoms with Gasteiger partial charge in [-0.2, -0.15) is 0 Å². The molecular weight excluding hydrogens is 244 g/mol. The van der Waals surface area contributed by atoms with E-state index < -0.39 is 0 Å². The smallest absolute Gasteiger partial charge is 0.130 e. The molecule has 20 heavy (non-hydrogen) atoms. The van der Waals surface area contributed by atoms with E-state index in [2.05, 4.69) is 32.9 Å². The van der Waals surface area contributed by atoms with Gasteiger partial charge in [-0.05, 0) is 38.5 Å². The predicted molar refractivity (Wildman–Crippen MR) is 87.9 cm³/mol. The number of hydrogen-bond donors (Lipinski definition) is 0. The van der Waals surface area contributed by atoms with Crippen LogP contribution in [0.15, 0.2) is 23.3 Å². The van der Waals surface area contributed by atoms with E-state index in [4.69, 9.17) is 0 Å². The van der Waals surface area contributed by atoms with Gasteiger partial charge in [-0.15, -0.1) is 0 Å². The summed E-state index contributed by atoms with van der Waals surface area (Å²) < 4.78 is 0. The first kappa shape index (κ1) is 17.2. The molecule has 1 aliphatic rings. The first-order valence-corrected chi connectivity index (χ1v) is 8.57. The van der Waals surface area contributed by atoms with Gasteiger partial charge in [0.05, 0.1) is 0 Å². The minimum Gasteiger partial charge on any atom is -0.302 e. The first-order valence-electron chi connectivity index (χ1n) is 8.57. The average molecular weight is 276 g/mol. The fraction of sp³-hybridized carbons (Fsp3) is 0.737. The Balaban J connectivity index is 2.86. The molecule has 0 aliphatic heterocycles. The summed E-state index contributed by atoms with van der Waals surface area (Å²) in [4.78, 5) is 11.8. The second-order valence-corrected chi connectivity index (χ2v) is 6.36. The lowest BCUT2D eigenvalue weighted by Gasteiger charge is -2.31. The second-order valence-electron chi connectivity index (χ2n) is 6.36. The van der Waals surface area contributed by atoms with Gasteiger partial charge >= 0.3 is 0 Å². The number of carbonyl (C=O) groups excluding carboxylic acids is 1. The van der Waals surface area contributed by atoms with Crippen molar-refractivity contribution in [1.29, 1.82) is 0 Å². The summed E-state index contributed by atoms with van der Waals surface area (Å²) in [6.45, 7) is 6.67. The monoisotopic (exact) mass is 276 g/mol. The zero-order chi connectivity index (χ0) is 14.8. The van der Waals surface area contributed by atoms with E-state index in [0.29, 0.717) is 0 Å². The maximum atomic E-state index is 11.8. The minimum absolute atomic E-state index is 0.198. The van der Waals surface area contributed by atoms with Crippen molar-refractivity contribution in [1.82, 2.24) is 0 Å². The van der Waals surface area contributed by atoms with Crippen molar-refractivity contribution in [2.75, 3.05) is 0 Å². The topological polar surface area (TPSA) is 17.1 Å². The van der Waals surface area contributed by atoms with Crippen molar-refractivity contribution in [3.05, 3.63) is 23.3 Å². The van der Waals surface area contributed by atoms with Crippen molar-refractivity contribution >= 4 is 6.29 Å². The van der Waals surface area contributed by atoms with Gasteiger partial charge in [0.25, 0.3) is 0 Å². The molecule has 0 N–H and O–H groups in total. The molecule has 0 aromatic rings. The Labute approximate surface area is 125 Å². The normalized spacial score (nSPS) is 22.4. The van der Waals surface area contributed by atoms with Crippen LogP contribution in [0.4, 0.5) is 0 Å². The predicted octanol–water partition coefficient (Wildman–Crippen LogP) is 6.00. The van der Waals surface area contributed by atoms with E-state index in [-0.39, 0.29) is 5.41 Å². The Morgan fingerprint density at radius 2 is 1.70 bits per heavy atom. The van der Waals surface area contributed by atoms with Crippen LogP contribution < -0.4 is 0 Å². The Morgan fingerprint density at radius 3 is 2.30 bits per heavy atom. The Morgan fingerprint density at radius 1 is 1.05 bits per heavy atom. The van der Waals surface area contributed by atoms with Crippen LogP contribution in [0.3, 0.4) is 0 Å². The molecule has 0 fully saturated rings. The van der Waals surface area contributed by atoms with E-state index in [0.717, 1.165) is 25.7 Å². The van der Waals surface area contributed by atoms with Crippen LogP contribution in [-0.2, 0) is 4.79 Å². The summed E-state index contributed by atoms with van der Waals surface area (Å²) in [7, 11) is 0. The van der Waals surface area contributed by atoms with Gasteiger partial charge in [0.15, 0.2) is 0 Å². The van der Waals surface area contributed by atoms with Gasteiger partial charge in [0.1, 0.15) is 6.29 Å². The van der Waals surface area contributed by atoms with E-state index in [1.54, 1.807) is 0 Å². The molecular formula is C19H32O. The molecule has 0 heterocycles. The highest BCUT2D eigenvalue weighted by atomic mass is 16.1. The van der Waals surface area contributed by atoms with Crippen molar-refractivity contribution < 1.29 is 4.79 Å². The largest absolute Gasteiger partial charge is 0.302 e. The van der Waals surface area contributed by atoms with Crippen LogP contribution in [-0.4, -0.2) is 6.29 Å². The molecule has 0 aromatic heterocycles. The van der Waals surface area contributed by atoms with Crippen LogP contribution in [0.1, 0.15) is 85.0 Å². The van der Waals surface area contributed by atoms with E-state index in [1.807, 2.05) is 0 Å². The van der Waals surface area contributed by atoms with Gasteiger partial charge < -0.3 is 4.79 Å². The molecule has 1 rings (SSSR count). The average Bonchev–Trinajstić information content (AvgIpc) is 2.48. The zero-order valence-corrected chi connectivity index (χ0v) is 13.7. The molecule has 0 amide bonds. The maximum Gasteiger partial charge on any atom is 0.130 e. The molecule has 1 atom stereocenters. The molecule has 0 aromatic carbocycles. The maximum absolute atomic E-state index is 11.8. The standard InChI is InChI=1S/C19H32O/c1-4-7-10-17-13-18(11-8-5-2)15-19(14-17,16-20)12-9-6-3/h13-14,16H,4-12,15H2,1-3H3. The number of aldehydes is 1. The van der Waals surface area contributed by atoms with Crippen molar-refractivity contribution in [2.24, 2.45) is 5.41 Å². The number of carbonyl (C=O) groups is 1. The summed E-state index contributed by atoms with van der Waals surface area (Å²) in [6.07, 6.45) is 17.4. The van der Waals surface area contributed by atoms with E-state index in [9.17, 15) is 4.79 Å². The number of unbranched alkanes of at least 4 members (excludes halogenated alkanes) is 3. The van der Waals surface area contributed by atoms with Gasteiger partial charge in [0, 0.05) is 5.41 Å². The van der Waals surface area contributed by atoms with Gasteiger partial charge in [0.2, 0.25) is 0 Å². The molecule has 0 bridgehead atoms. The summed E-state index contributed by atoms with van der Waals surface area (Å²) in [6, 6.07) is 0. The number of rotatable bonds is 10. The number of hydrogen-bond acceptors (Lipinski definition) is 1. The summed E-state index contributed by atoms with van der Waals surface area (Å²) in [5.74, 6) is 0. The Bertz CT molecular complexity index is 351. The lowest BCUT2D eigenvalue weighted by molar-refractivity contribution is -0.114. The Kier molecular flexibility index (Phi) is 7.87. The third kappa shape index (κ3) is 5.26. The van der Waals surface area contributed by atoms with E-state index >= 15 is 0 Å². The molecule has 0 saturated heterocycles. The lowest BCUT2D eigenvalue weighted by atomic mass is 9.72. The molecule has 1 heteroatoms. The highest BCUT2D eigenvalue weighted by Crippen LogP contribution is 2.39. The van der Waals surface area contributed by atoms with Crippen LogP contribution in [0, 0.1) is 5.41 Å². The van der Waals surface area contributed by atoms with Crippen molar-refractivity contribution in [2.45, 2.75) is 85.0 Å². The second kappa shape index (κ2) is 9.15. The number of allylic oxidation sites excluding steroid dienone is 4. The van der Waals surface area contributed by atoms with Crippen molar-refractivity contribution in [3.63, 3.8) is 0 Å². The van der Waals surface area contributed by atoms with Gasteiger partial charge in [-0.1, -0.05) is 69.8 Å².